The van der Waals surface area contributed by atoms with E-state index in [2.05, 4.69) is 37.2 Å². The normalized spacial score (nSPS) is 10.3. The highest BCUT2D eigenvalue weighted by Crippen LogP contribution is 2.15. The molecule has 1 amide bonds. The van der Waals surface area contributed by atoms with Crippen molar-refractivity contribution in [2.24, 2.45) is 0 Å². The third-order valence-electron chi connectivity index (χ3n) is 4.97. The lowest BCUT2D eigenvalue weighted by Gasteiger charge is -2.08. The fourth-order valence-electron chi connectivity index (χ4n) is 3.03. The topological polar surface area (TPSA) is 116 Å². The van der Waals surface area contributed by atoms with E-state index in [4.69, 9.17) is 9.47 Å². The van der Waals surface area contributed by atoms with Gasteiger partial charge in [-0.25, -0.2) is 4.79 Å². The van der Waals surface area contributed by atoms with Crippen molar-refractivity contribution in [3.63, 3.8) is 0 Å². The second-order valence-corrected chi connectivity index (χ2v) is 9.56. The van der Waals surface area contributed by atoms with Crippen molar-refractivity contribution >= 4 is 67.0 Å². The third-order valence-corrected chi connectivity index (χ3v) is 6.03. The molecule has 190 valence electrons. The van der Waals surface area contributed by atoms with Crippen LogP contribution in [0.25, 0.3) is 0 Å². The summed E-state index contributed by atoms with van der Waals surface area (Å²) in [6.07, 6.45) is -0.402. The molecule has 1 N–H and O–H groups in total. The summed E-state index contributed by atoms with van der Waals surface area (Å²) >= 11 is 6.56. The van der Waals surface area contributed by atoms with Crippen LogP contribution < -0.4 is 5.32 Å². The van der Waals surface area contributed by atoms with Crippen molar-refractivity contribution in [1.29, 1.82) is 0 Å². The van der Waals surface area contributed by atoms with Crippen LogP contribution in [-0.2, 0) is 19.1 Å². The van der Waals surface area contributed by atoms with Gasteiger partial charge in [0.25, 0.3) is 0 Å². The van der Waals surface area contributed by atoms with Gasteiger partial charge in [-0.15, -0.1) is 0 Å². The summed E-state index contributed by atoms with van der Waals surface area (Å²) in [4.78, 5) is 60.8. The molecule has 0 heterocycles. The van der Waals surface area contributed by atoms with Gasteiger partial charge in [-0.2, -0.15) is 0 Å². The number of hydrogen-bond donors (Lipinski definition) is 1. The van der Waals surface area contributed by atoms with Crippen LogP contribution in [0.2, 0.25) is 0 Å². The predicted octanol–water partition coefficient (Wildman–Crippen LogP) is 5.40. The van der Waals surface area contributed by atoms with Gasteiger partial charge in [0, 0.05) is 32.2 Å². The number of carbonyl (C=O) groups excluding carboxylic acids is 5. The Hall–Kier alpha value is -3.63. The minimum absolute atomic E-state index is 0.146. The molecule has 0 aliphatic heterocycles. The molecule has 0 radical (unpaired) electrons. The van der Waals surface area contributed by atoms with Gasteiger partial charge in [0.05, 0.1) is 12.0 Å². The van der Waals surface area contributed by atoms with E-state index in [1.54, 1.807) is 60.7 Å². The summed E-state index contributed by atoms with van der Waals surface area (Å²) in [5.41, 5.74) is 1.28. The molecule has 0 spiro atoms. The molecule has 0 saturated carbocycles. The quantitative estimate of drug-likeness (QED) is 0.223. The Kier molecular flexibility index (Phi) is 10.3. The molecule has 8 nitrogen and oxygen atoms in total. The van der Waals surface area contributed by atoms with Crippen LogP contribution in [0.3, 0.4) is 0 Å². The Balaban J connectivity index is 1.42. The number of esters is 2. The maximum Gasteiger partial charge on any atom is 0.338 e. The first kappa shape index (κ1) is 27.9. The van der Waals surface area contributed by atoms with E-state index in [1.807, 2.05) is 0 Å². The molecule has 10 heteroatoms. The first-order valence-corrected chi connectivity index (χ1v) is 12.6. The number of hydrogen-bond acceptors (Lipinski definition) is 7. The van der Waals surface area contributed by atoms with Gasteiger partial charge in [-0.05, 0) is 42.5 Å². The Labute approximate surface area is 229 Å². The average Bonchev–Trinajstić information content (AvgIpc) is 2.90. The highest BCUT2D eigenvalue weighted by atomic mass is 79.9. The summed E-state index contributed by atoms with van der Waals surface area (Å²) in [6.45, 7) is -0.847. The van der Waals surface area contributed by atoms with Gasteiger partial charge in [0.15, 0.2) is 24.8 Å². The van der Waals surface area contributed by atoms with Crippen LogP contribution in [0, 0.1) is 0 Å². The van der Waals surface area contributed by atoms with Crippen LogP contribution in [0.5, 0.6) is 0 Å². The number of ketones is 2. The standard InChI is InChI=1S/C27H21Br2NO7/c28-20-8-4-17(5-9-20)23(31)15-36-26(34)13-12-25(33)30-22-3-1-2-19(14-22)27(35)37-16-24(32)18-6-10-21(29)11-7-18/h1-11,14H,12-13,15-16H2,(H,30,33). The van der Waals surface area contributed by atoms with Crippen molar-refractivity contribution in [2.45, 2.75) is 12.8 Å². The smallest absolute Gasteiger partial charge is 0.338 e. The fraction of sp³-hybridized carbons (Fsp3) is 0.148. The zero-order chi connectivity index (χ0) is 26.8. The van der Waals surface area contributed by atoms with Crippen LogP contribution in [0.15, 0.2) is 81.7 Å². The molecule has 0 aromatic heterocycles. The Morgan fingerprint density at radius 1 is 0.649 bits per heavy atom. The van der Waals surface area contributed by atoms with Gasteiger partial charge in [0.1, 0.15) is 0 Å². The summed E-state index contributed by atoms with van der Waals surface area (Å²) < 4.78 is 11.7. The lowest BCUT2D eigenvalue weighted by Crippen LogP contribution is -2.18. The summed E-state index contributed by atoms with van der Waals surface area (Å²) in [6, 6.07) is 19.3. The number of ether oxygens (including phenoxy) is 2. The van der Waals surface area contributed by atoms with E-state index in [0.29, 0.717) is 16.8 Å². The number of carbonyl (C=O) groups is 5. The molecule has 37 heavy (non-hydrogen) atoms. The average molecular weight is 631 g/mol. The molecule has 0 unspecified atom stereocenters. The molecule has 0 atom stereocenters. The van der Waals surface area contributed by atoms with E-state index in [1.165, 1.54) is 12.1 Å². The highest BCUT2D eigenvalue weighted by molar-refractivity contribution is 9.10. The number of halogens is 2. The maximum absolute atomic E-state index is 12.3. The molecule has 3 aromatic rings. The molecule has 0 aliphatic carbocycles. The lowest BCUT2D eigenvalue weighted by molar-refractivity contribution is -0.143. The molecule has 0 aliphatic rings. The molecule has 0 bridgehead atoms. The monoisotopic (exact) mass is 629 g/mol. The van der Waals surface area contributed by atoms with Crippen LogP contribution in [0.1, 0.15) is 43.9 Å². The Morgan fingerprint density at radius 3 is 1.76 bits per heavy atom. The number of nitrogens with one attached hydrogen (secondary N) is 1. The van der Waals surface area contributed by atoms with Gasteiger partial charge < -0.3 is 14.8 Å². The van der Waals surface area contributed by atoms with Crippen LogP contribution >= 0.6 is 31.9 Å². The number of anilines is 1. The van der Waals surface area contributed by atoms with E-state index >= 15 is 0 Å². The molecule has 3 rings (SSSR count). The number of amides is 1. The van der Waals surface area contributed by atoms with Crippen molar-refractivity contribution in [3.05, 3.63) is 98.4 Å². The fourth-order valence-corrected chi connectivity index (χ4v) is 3.56. The van der Waals surface area contributed by atoms with E-state index in [9.17, 15) is 24.0 Å². The minimum atomic E-state index is -0.722. The van der Waals surface area contributed by atoms with Gasteiger partial charge in [-0.1, -0.05) is 62.2 Å². The third kappa shape index (κ3) is 9.07. The molecular weight excluding hydrogens is 610 g/mol. The molecule has 0 saturated heterocycles. The Bertz CT molecular complexity index is 1310. The summed E-state index contributed by atoms with van der Waals surface area (Å²) in [5, 5.41) is 2.59. The summed E-state index contributed by atoms with van der Waals surface area (Å²) in [5.74, 6) is -2.59. The maximum atomic E-state index is 12.3. The highest BCUT2D eigenvalue weighted by Gasteiger charge is 2.15. The van der Waals surface area contributed by atoms with Gasteiger partial charge in [0.2, 0.25) is 5.91 Å². The van der Waals surface area contributed by atoms with Crippen molar-refractivity contribution < 1.29 is 33.4 Å². The minimum Gasteiger partial charge on any atom is -0.457 e. The van der Waals surface area contributed by atoms with Gasteiger partial charge >= 0.3 is 11.9 Å². The van der Waals surface area contributed by atoms with Gasteiger partial charge in [-0.3, -0.25) is 19.2 Å². The first-order chi connectivity index (χ1) is 17.7. The largest absolute Gasteiger partial charge is 0.457 e. The number of Topliss-reactive ketones (excluding diaryl/α,β-unsaturated/α-hetero) is 2. The van der Waals surface area contributed by atoms with Crippen molar-refractivity contribution in [1.82, 2.24) is 0 Å². The van der Waals surface area contributed by atoms with Crippen LogP contribution in [0.4, 0.5) is 5.69 Å². The second-order valence-electron chi connectivity index (χ2n) is 7.73. The van der Waals surface area contributed by atoms with E-state index in [0.717, 1.165) is 8.95 Å². The first-order valence-electron chi connectivity index (χ1n) is 11.0. The predicted molar refractivity (Wildman–Crippen MR) is 142 cm³/mol. The zero-order valence-electron chi connectivity index (χ0n) is 19.4. The van der Waals surface area contributed by atoms with E-state index in [-0.39, 0.29) is 30.0 Å². The van der Waals surface area contributed by atoms with Crippen molar-refractivity contribution in [3.8, 4) is 0 Å². The molecule has 3 aromatic carbocycles. The Morgan fingerprint density at radius 2 is 1.19 bits per heavy atom. The molecule has 0 fully saturated rings. The summed E-state index contributed by atoms with van der Waals surface area (Å²) in [7, 11) is 0. The van der Waals surface area contributed by atoms with Crippen molar-refractivity contribution in [2.75, 3.05) is 18.5 Å². The second kappa shape index (κ2) is 13.6. The molecular formula is C27H21Br2NO7. The number of benzene rings is 3. The van der Waals surface area contributed by atoms with Crippen LogP contribution in [-0.4, -0.2) is 42.6 Å². The lowest BCUT2D eigenvalue weighted by atomic mass is 10.1. The SMILES string of the molecule is O=C(CCC(=O)OCC(=O)c1ccc(Br)cc1)Nc1cccc(C(=O)OCC(=O)c2ccc(Br)cc2)c1. The zero-order valence-corrected chi connectivity index (χ0v) is 22.5. The van der Waals surface area contributed by atoms with E-state index < -0.39 is 31.1 Å². The number of rotatable bonds is 11.